The minimum Gasteiger partial charge on any atom is -0.455 e. The van der Waals surface area contributed by atoms with E-state index in [1.165, 1.54) is 6.92 Å². The predicted molar refractivity (Wildman–Crippen MR) is 46.6 cm³/mol. The summed E-state index contributed by atoms with van der Waals surface area (Å²) in [4.78, 5) is 10.6. The van der Waals surface area contributed by atoms with Crippen molar-refractivity contribution >= 4 is 21.9 Å². The average molecular weight is 233 g/mol. The summed E-state index contributed by atoms with van der Waals surface area (Å²) in [5.41, 5.74) is 0. The van der Waals surface area contributed by atoms with Gasteiger partial charge in [0.2, 0.25) is 0 Å². The molecular formula is C8H9BrO3. The first-order valence-electron chi connectivity index (χ1n) is 3.52. The van der Waals surface area contributed by atoms with Crippen molar-refractivity contribution in [3.63, 3.8) is 0 Å². The zero-order valence-corrected chi connectivity index (χ0v) is 8.42. The first-order chi connectivity index (χ1) is 5.59. The van der Waals surface area contributed by atoms with Gasteiger partial charge in [0.15, 0.2) is 10.8 Å². The lowest BCUT2D eigenvalue weighted by molar-refractivity contribution is -0.146. The van der Waals surface area contributed by atoms with Crippen LogP contribution in [-0.4, -0.2) is 5.97 Å². The van der Waals surface area contributed by atoms with Gasteiger partial charge >= 0.3 is 5.97 Å². The van der Waals surface area contributed by atoms with Crippen LogP contribution in [0.3, 0.4) is 0 Å². The van der Waals surface area contributed by atoms with Crippen molar-refractivity contribution in [3.05, 3.63) is 22.6 Å². The molecule has 1 atom stereocenters. The van der Waals surface area contributed by atoms with E-state index in [4.69, 9.17) is 9.15 Å². The monoisotopic (exact) mass is 232 g/mol. The lowest BCUT2D eigenvalue weighted by atomic mass is 10.3. The second kappa shape index (κ2) is 3.76. The number of rotatable bonds is 2. The fourth-order valence-electron chi connectivity index (χ4n) is 0.854. The van der Waals surface area contributed by atoms with Crippen molar-refractivity contribution in [1.82, 2.24) is 0 Å². The van der Waals surface area contributed by atoms with Crippen LogP contribution in [0.2, 0.25) is 0 Å². The molecule has 1 aromatic rings. The molecule has 0 aromatic carbocycles. The van der Waals surface area contributed by atoms with Crippen molar-refractivity contribution in [2.45, 2.75) is 20.0 Å². The molecule has 0 unspecified atom stereocenters. The summed E-state index contributed by atoms with van der Waals surface area (Å²) in [6.07, 6.45) is -0.325. The second-order valence-corrected chi connectivity index (χ2v) is 3.18. The molecule has 0 aliphatic heterocycles. The zero-order valence-electron chi connectivity index (χ0n) is 6.83. The molecule has 1 heterocycles. The quantitative estimate of drug-likeness (QED) is 0.737. The number of esters is 1. The molecule has 0 amide bonds. The smallest absolute Gasteiger partial charge is 0.303 e. The molecule has 0 aliphatic rings. The third-order valence-corrected chi connectivity index (χ3v) is 1.76. The molecule has 66 valence electrons. The summed E-state index contributed by atoms with van der Waals surface area (Å²) in [6.45, 7) is 3.13. The van der Waals surface area contributed by atoms with Gasteiger partial charge < -0.3 is 9.15 Å². The minimum absolute atomic E-state index is 0.310. The number of hydrogen-bond donors (Lipinski definition) is 0. The predicted octanol–water partition coefficient (Wildman–Crippen LogP) is 2.67. The maximum absolute atomic E-state index is 10.6. The molecule has 12 heavy (non-hydrogen) atoms. The van der Waals surface area contributed by atoms with Crippen LogP contribution in [-0.2, 0) is 9.53 Å². The van der Waals surface area contributed by atoms with E-state index < -0.39 is 0 Å². The third kappa shape index (κ3) is 2.37. The molecule has 0 fully saturated rings. The Morgan fingerprint density at radius 1 is 1.67 bits per heavy atom. The van der Waals surface area contributed by atoms with Crippen LogP contribution >= 0.6 is 15.9 Å². The fraction of sp³-hybridized carbons (Fsp3) is 0.375. The molecule has 3 nitrogen and oxygen atoms in total. The highest BCUT2D eigenvalue weighted by molar-refractivity contribution is 9.10. The SMILES string of the molecule is CC(=O)O[C@H](C)c1ccc(Br)o1. The summed E-state index contributed by atoms with van der Waals surface area (Å²) >= 11 is 3.16. The first-order valence-corrected chi connectivity index (χ1v) is 4.31. The Labute approximate surface area is 78.8 Å². The molecule has 0 saturated carbocycles. The Morgan fingerprint density at radius 3 is 2.75 bits per heavy atom. The number of carbonyl (C=O) groups is 1. The zero-order chi connectivity index (χ0) is 9.14. The Hall–Kier alpha value is -0.770. The minimum atomic E-state index is -0.325. The van der Waals surface area contributed by atoms with Gasteiger partial charge in [-0.1, -0.05) is 0 Å². The van der Waals surface area contributed by atoms with E-state index in [2.05, 4.69) is 15.9 Å². The Bertz CT molecular complexity index is 280. The first kappa shape index (κ1) is 9.32. The molecule has 0 N–H and O–H groups in total. The van der Waals surface area contributed by atoms with Gasteiger partial charge in [0, 0.05) is 6.92 Å². The normalized spacial score (nSPS) is 12.6. The van der Waals surface area contributed by atoms with Gasteiger partial charge in [0.05, 0.1) is 0 Å². The third-order valence-electron chi connectivity index (χ3n) is 1.34. The second-order valence-electron chi connectivity index (χ2n) is 2.39. The molecule has 0 saturated heterocycles. The summed E-state index contributed by atoms with van der Waals surface area (Å²) in [5, 5.41) is 0. The number of furan rings is 1. The van der Waals surface area contributed by atoms with Crippen LogP contribution in [0.15, 0.2) is 21.2 Å². The van der Waals surface area contributed by atoms with Crippen molar-refractivity contribution < 1.29 is 13.9 Å². The summed E-state index contributed by atoms with van der Waals surface area (Å²) < 4.78 is 10.7. The topological polar surface area (TPSA) is 39.4 Å². The molecule has 1 aromatic heterocycles. The van der Waals surface area contributed by atoms with Gasteiger partial charge in [0.1, 0.15) is 5.76 Å². The lowest BCUT2D eigenvalue weighted by Gasteiger charge is -2.07. The van der Waals surface area contributed by atoms with Crippen LogP contribution in [0.5, 0.6) is 0 Å². The number of carbonyl (C=O) groups excluding carboxylic acids is 1. The van der Waals surface area contributed by atoms with Crippen molar-refractivity contribution in [3.8, 4) is 0 Å². The van der Waals surface area contributed by atoms with E-state index in [-0.39, 0.29) is 12.1 Å². The van der Waals surface area contributed by atoms with Crippen LogP contribution < -0.4 is 0 Å². The summed E-state index contributed by atoms with van der Waals surface area (Å²) in [7, 11) is 0. The molecule has 0 radical (unpaired) electrons. The highest BCUT2D eigenvalue weighted by Crippen LogP contribution is 2.22. The standard InChI is InChI=1S/C8H9BrO3/c1-5(11-6(2)10)7-3-4-8(9)12-7/h3-5H,1-2H3/t5-/m1/s1. The van der Waals surface area contributed by atoms with Gasteiger partial charge in [0.25, 0.3) is 0 Å². The largest absolute Gasteiger partial charge is 0.455 e. The van der Waals surface area contributed by atoms with Gasteiger partial charge in [-0.25, -0.2) is 0 Å². The molecule has 0 bridgehead atoms. The van der Waals surface area contributed by atoms with Gasteiger partial charge in [-0.2, -0.15) is 0 Å². The van der Waals surface area contributed by atoms with E-state index in [1.807, 2.05) is 0 Å². The maximum Gasteiger partial charge on any atom is 0.303 e. The fourth-order valence-corrected chi connectivity index (χ4v) is 1.17. The lowest BCUT2D eigenvalue weighted by Crippen LogP contribution is -2.03. The maximum atomic E-state index is 10.6. The van der Waals surface area contributed by atoms with E-state index in [9.17, 15) is 4.79 Å². The van der Waals surface area contributed by atoms with Crippen LogP contribution in [0, 0.1) is 0 Å². The summed E-state index contributed by atoms with van der Waals surface area (Å²) in [5.74, 6) is 0.326. The molecule has 4 heteroatoms. The number of ether oxygens (including phenoxy) is 1. The van der Waals surface area contributed by atoms with Crippen molar-refractivity contribution in [2.75, 3.05) is 0 Å². The van der Waals surface area contributed by atoms with Crippen molar-refractivity contribution in [2.24, 2.45) is 0 Å². The van der Waals surface area contributed by atoms with Gasteiger partial charge in [-0.3, -0.25) is 4.79 Å². The molecular weight excluding hydrogens is 224 g/mol. The highest BCUT2D eigenvalue weighted by Gasteiger charge is 2.11. The van der Waals surface area contributed by atoms with E-state index in [1.54, 1.807) is 19.1 Å². The van der Waals surface area contributed by atoms with Crippen molar-refractivity contribution in [1.29, 1.82) is 0 Å². The van der Waals surface area contributed by atoms with E-state index in [0.717, 1.165) is 0 Å². The highest BCUT2D eigenvalue weighted by atomic mass is 79.9. The number of hydrogen-bond acceptors (Lipinski definition) is 3. The van der Waals surface area contributed by atoms with E-state index in [0.29, 0.717) is 10.4 Å². The molecule has 1 rings (SSSR count). The number of halogens is 1. The summed E-state index contributed by atoms with van der Waals surface area (Å²) in [6, 6.07) is 3.52. The Morgan fingerprint density at radius 2 is 2.33 bits per heavy atom. The van der Waals surface area contributed by atoms with Gasteiger partial charge in [-0.15, -0.1) is 0 Å². The van der Waals surface area contributed by atoms with Gasteiger partial charge in [-0.05, 0) is 35.0 Å². The van der Waals surface area contributed by atoms with Crippen LogP contribution in [0.25, 0.3) is 0 Å². The Balaban J connectivity index is 2.64. The van der Waals surface area contributed by atoms with Crippen LogP contribution in [0.4, 0.5) is 0 Å². The Kier molecular flexibility index (Phi) is 2.92. The van der Waals surface area contributed by atoms with E-state index >= 15 is 0 Å². The van der Waals surface area contributed by atoms with Crippen LogP contribution in [0.1, 0.15) is 25.7 Å². The average Bonchev–Trinajstić information content (AvgIpc) is 2.34. The molecule has 0 spiro atoms. The molecule has 0 aliphatic carbocycles.